The Labute approximate surface area is 160 Å². The summed E-state index contributed by atoms with van der Waals surface area (Å²) in [5.74, 6) is 0.207. The number of aromatic amines is 1. The fourth-order valence-electron chi connectivity index (χ4n) is 3.21. The van der Waals surface area contributed by atoms with Crippen molar-refractivity contribution in [2.24, 2.45) is 0 Å². The summed E-state index contributed by atoms with van der Waals surface area (Å²) in [6.07, 6.45) is 2.12. The molecule has 3 aromatic rings. The molecule has 0 aliphatic rings. The van der Waals surface area contributed by atoms with Gasteiger partial charge in [0.05, 0.1) is 0 Å². The lowest BCUT2D eigenvalue weighted by molar-refractivity contribution is 0.748. The zero-order valence-electron chi connectivity index (χ0n) is 15.5. The van der Waals surface area contributed by atoms with E-state index in [1.165, 1.54) is 22.2 Å². The molecule has 1 atom stereocenters. The lowest BCUT2D eigenvalue weighted by Gasteiger charge is -2.21. The molecule has 136 valence electrons. The van der Waals surface area contributed by atoms with Crippen LogP contribution in [0.4, 0.5) is 5.69 Å². The van der Waals surface area contributed by atoms with Crippen LogP contribution >= 0.6 is 12.2 Å². The molecule has 2 aromatic carbocycles. The topological polar surface area (TPSA) is 43.1 Å². The Hall–Kier alpha value is -2.53. The summed E-state index contributed by atoms with van der Waals surface area (Å²) in [4.78, 5) is 5.51. The summed E-state index contributed by atoms with van der Waals surface area (Å²) in [7, 11) is 4.12. The molecule has 1 aromatic heterocycles. The first kappa shape index (κ1) is 18.3. The average Bonchev–Trinajstić information content (AvgIpc) is 3.07. The minimum atomic E-state index is 0.207. The first-order valence-corrected chi connectivity index (χ1v) is 9.36. The number of benzene rings is 2. The molecule has 1 heterocycles. The van der Waals surface area contributed by atoms with Gasteiger partial charge < -0.3 is 20.5 Å². The van der Waals surface area contributed by atoms with E-state index in [2.05, 4.69) is 89.3 Å². The summed E-state index contributed by atoms with van der Waals surface area (Å²) >= 11 is 5.37. The van der Waals surface area contributed by atoms with Gasteiger partial charge in [0.2, 0.25) is 0 Å². The van der Waals surface area contributed by atoms with E-state index in [1.54, 1.807) is 0 Å². The van der Waals surface area contributed by atoms with Crippen molar-refractivity contribution in [3.8, 4) is 0 Å². The van der Waals surface area contributed by atoms with Crippen LogP contribution < -0.4 is 15.5 Å². The fourth-order valence-corrected chi connectivity index (χ4v) is 3.44. The van der Waals surface area contributed by atoms with E-state index in [-0.39, 0.29) is 5.92 Å². The third-order valence-electron chi connectivity index (χ3n) is 4.61. The van der Waals surface area contributed by atoms with Crippen molar-refractivity contribution in [3.63, 3.8) is 0 Å². The molecular formula is C21H26N4S. The van der Waals surface area contributed by atoms with Crippen LogP contribution in [0.5, 0.6) is 0 Å². The SMILES string of the molecule is CCNC(=S)NC[C@@H](c1ccc(N(C)C)cc1)c1c[nH]c2ccccc12. The first-order valence-electron chi connectivity index (χ1n) is 8.95. The van der Waals surface area contributed by atoms with Crippen LogP contribution in [0.1, 0.15) is 24.0 Å². The van der Waals surface area contributed by atoms with E-state index in [4.69, 9.17) is 12.2 Å². The van der Waals surface area contributed by atoms with Crippen molar-refractivity contribution in [2.75, 3.05) is 32.1 Å². The van der Waals surface area contributed by atoms with Crippen molar-refractivity contribution in [1.29, 1.82) is 0 Å². The van der Waals surface area contributed by atoms with Gasteiger partial charge in [-0.2, -0.15) is 0 Å². The number of H-pyrrole nitrogens is 1. The van der Waals surface area contributed by atoms with Crippen LogP contribution in [0.3, 0.4) is 0 Å². The molecule has 0 radical (unpaired) electrons. The first-order chi connectivity index (χ1) is 12.6. The van der Waals surface area contributed by atoms with Gasteiger partial charge in [-0.3, -0.25) is 0 Å². The summed E-state index contributed by atoms with van der Waals surface area (Å²) < 4.78 is 0. The predicted octanol–water partition coefficient (Wildman–Crippen LogP) is 3.85. The van der Waals surface area contributed by atoms with Crippen molar-refractivity contribution >= 4 is 33.9 Å². The van der Waals surface area contributed by atoms with Crippen LogP contribution in [0.15, 0.2) is 54.7 Å². The number of thiocarbonyl (C=S) groups is 1. The molecule has 5 heteroatoms. The highest BCUT2D eigenvalue weighted by molar-refractivity contribution is 7.80. The third kappa shape index (κ3) is 3.99. The highest BCUT2D eigenvalue weighted by Gasteiger charge is 2.18. The van der Waals surface area contributed by atoms with Crippen molar-refractivity contribution in [1.82, 2.24) is 15.6 Å². The molecule has 0 amide bonds. The van der Waals surface area contributed by atoms with Gasteiger partial charge in [0.1, 0.15) is 0 Å². The number of aromatic nitrogens is 1. The van der Waals surface area contributed by atoms with Gasteiger partial charge in [0.15, 0.2) is 5.11 Å². The second-order valence-corrected chi connectivity index (χ2v) is 6.98. The number of anilines is 1. The number of para-hydroxylation sites is 1. The molecule has 0 unspecified atom stereocenters. The normalized spacial score (nSPS) is 12.0. The number of nitrogens with zero attached hydrogens (tertiary/aromatic N) is 1. The molecule has 0 saturated carbocycles. The molecule has 0 spiro atoms. The second kappa shape index (κ2) is 8.23. The Morgan fingerprint density at radius 1 is 1.08 bits per heavy atom. The quantitative estimate of drug-likeness (QED) is 0.580. The van der Waals surface area contributed by atoms with Crippen LogP contribution in [-0.2, 0) is 0 Å². The molecule has 0 saturated heterocycles. The number of nitrogens with one attached hydrogen (secondary N) is 3. The Kier molecular flexibility index (Phi) is 5.78. The minimum Gasteiger partial charge on any atom is -0.378 e. The zero-order chi connectivity index (χ0) is 18.5. The summed E-state index contributed by atoms with van der Waals surface area (Å²) in [5, 5.41) is 8.48. The second-order valence-electron chi connectivity index (χ2n) is 6.57. The van der Waals surface area contributed by atoms with E-state index in [0.29, 0.717) is 5.11 Å². The molecule has 0 aliphatic heterocycles. The number of hydrogen-bond acceptors (Lipinski definition) is 2. The molecule has 26 heavy (non-hydrogen) atoms. The van der Waals surface area contributed by atoms with Crippen LogP contribution in [0.2, 0.25) is 0 Å². The third-order valence-corrected chi connectivity index (χ3v) is 4.90. The maximum Gasteiger partial charge on any atom is 0.166 e. The van der Waals surface area contributed by atoms with Crippen LogP contribution in [0, 0.1) is 0 Å². The molecule has 0 aliphatic carbocycles. The fraction of sp³-hybridized carbons (Fsp3) is 0.286. The zero-order valence-corrected chi connectivity index (χ0v) is 16.4. The van der Waals surface area contributed by atoms with Crippen molar-refractivity contribution in [3.05, 3.63) is 65.9 Å². The van der Waals surface area contributed by atoms with Gasteiger partial charge in [-0.1, -0.05) is 30.3 Å². The monoisotopic (exact) mass is 366 g/mol. The molecular weight excluding hydrogens is 340 g/mol. The molecule has 4 nitrogen and oxygen atoms in total. The van der Waals surface area contributed by atoms with Gasteiger partial charge in [-0.15, -0.1) is 0 Å². The average molecular weight is 367 g/mol. The number of fused-ring (bicyclic) bond motifs is 1. The molecule has 3 rings (SSSR count). The summed E-state index contributed by atoms with van der Waals surface area (Å²) in [6, 6.07) is 17.2. The summed E-state index contributed by atoms with van der Waals surface area (Å²) in [6.45, 7) is 3.61. The van der Waals surface area contributed by atoms with Gasteiger partial charge in [-0.05, 0) is 48.5 Å². The smallest absolute Gasteiger partial charge is 0.166 e. The van der Waals surface area contributed by atoms with Gasteiger partial charge in [0.25, 0.3) is 0 Å². The maximum absolute atomic E-state index is 5.37. The van der Waals surface area contributed by atoms with Crippen molar-refractivity contribution < 1.29 is 0 Å². The highest BCUT2D eigenvalue weighted by atomic mass is 32.1. The molecule has 0 bridgehead atoms. The Morgan fingerprint density at radius 2 is 1.81 bits per heavy atom. The number of hydrogen-bond donors (Lipinski definition) is 3. The van der Waals surface area contributed by atoms with Crippen LogP contribution in [-0.4, -0.2) is 37.3 Å². The Balaban J connectivity index is 1.94. The van der Waals surface area contributed by atoms with Gasteiger partial charge >= 0.3 is 0 Å². The predicted molar refractivity (Wildman–Crippen MR) is 115 cm³/mol. The largest absolute Gasteiger partial charge is 0.378 e. The highest BCUT2D eigenvalue weighted by Crippen LogP contribution is 2.31. The number of rotatable bonds is 6. The van der Waals surface area contributed by atoms with E-state index in [0.717, 1.165) is 18.6 Å². The lowest BCUT2D eigenvalue weighted by atomic mass is 9.90. The minimum absolute atomic E-state index is 0.207. The Morgan fingerprint density at radius 3 is 2.50 bits per heavy atom. The van der Waals surface area contributed by atoms with E-state index >= 15 is 0 Å². The van der Waals surface area contributed by atoms with E-state index in [9.17, 15) is 0 Å². The standard InChI is InChI=1S/C21H26N4S/c1-4-22-21(26)24-13-18(15-9-11-16(12-10-15)25(2)3)19-14-23-20-8-6-5-7-17(19)20/h5-12,14,18,23H,4,13H2,1-3H3,(H2,22,24,26)/t18-/m0/s1. The summed E-state index contributed by atoms with van der Waals surface area (Å²) in [5.41, 5.74) is 4.91. The van der Waals surface area contributed by atoms with Crippen LogP contribution in [0.25, 0.3) is 10.9 Å². The van der Waals surface area contributed by atoms with E-state index < -0.39 is 0 Å². The van der Waals surface area contributed by atoms with Gasteiger partial charge in [-0.25, -0.2) is 0 Å². The molecule has 3 N–H and O–H groups in total. The lowest BCUT2D eigenvalue weighted by Crippen LogP contribution is -2.37. The maximum atomic E-state index is 5.37. The Bertz CT molecular complexity index is 867. The van der Waals surface area contributed by atoms with Gasteiger partial charge in [0, 0.05) is 55.9 Å². The molecule has 0 fully saturated rings. The van der Waals surface area contributed by atoms with Crippen molar-refractivity contribution in [2.45, 2.75) is 12.8 Å². The van der Waals surface area contributed by atoms with E-state index in [1.807, 2.05) is 6.92 Å².